The number of carboxylic acids is 1. The summed E-state index contributed by atoms with van der Waals surface area (Å²) < 4.78 is 0.804. The van der Waals surface area contributed by atoms with Crippen LogP contribution in [0.1, 0.15) is 18.4 Å². The number of halogens is 2. The van der Waals surface area contributed by atoms with Gasteiger partial charge in [0.05, 0.1) is 5.02 Å². The molecule has 18 heavy (non-hydrogen) atoms. The minimum Gasteiger partial charge on any atom is -0.481 e. The Kier molecular flexibility index (Phi) is 6.15. The van der Waals surface area contributed by atoms with Gasteiger partial charge in [0.1, 0.15) is 0 Å². The summed E-state index contributed by atoms with van der Waals surface area (Å²) in [6.07, 6.45) is 1.56. The molecule has 0 heterocycles. The lowest BCUT2D eigenvalue weighted by atomic mass is 10.0. The fourth-order valence-corrected chi connectivity index (χ4v) is 2.04. The summed E-state index contributed by atoms with van der Waals surface area (Å²) in [5, 5.41) is 11.8. The van der Waals surface area contributed by atoms with E-state index in [9.17, 15) is 9.59 Å². The second-order valence-electron chi connectivity index (χ2n) is 3.87. The van der Waals surface area contributed by atoms with Crippen molar-refractivity contribution in [2.24, 2.45) is 0 Å². The van der Waals surface area contributed by atoms with Crippen molar-refractivity contribution in [1.29, 1.82) is 0 Å². The van der Waals surface area contributed by atoms with Gasteiger partial charge in [-0.25, -0.2) is 0 Å². The van der Waals surface area contributed by atoms with Crippen LogP contribution in [-0.2, 0) is 16.0 Å². The van der Waals surface area contributed by atoms with Crippen LogP contribution < -0.4 is 5.32 Å². The summed E-state index contributed by atoms with van der Waals surface area (Å²) >= 11 is 9.27. The molecular formula is C12H13BrClNO3. The van der Waals surface area contributed by atoms with Crippen molar-refractivity contribution >= 4 is 39.9 Å². The van der Waals surface area contributed by atoms with E-state index < -0.39 is 5.97 Å². The first-order chi connectivity index (χ1) is 8.52. The Morgan fingerprint density at radius 1 is 1.56 bits per heavy atom. The molecule has 6 heteroatoms. The normalized spacial score (nSPS) is 11.9. The van der Waals surface area contributed by atoms with Gasteiger partial charge >= 0.3 is 5.97 Å². The van der Waals surface area contributed by atoms with Crippen molar-refractivity contribution in [3.05, 3.63) is 33.3 Å². The summed E-state index contributed by atoms with van der Waals surface area (Å²) in [7, 11) is 0. The Bertz CT molecular complexity index is 439. The number of rotatable bonds is 7. The van der Waals surface area contributed by atoms with E-state index in [0.717, 1.165) is 10.0 Å². The molecule has 0 saturated carbocycles. The third-order valence-electron chi connectivity index (χ3n) is 2.48. The lowest BCUT2D eigenvalue weighted by molar-refractivity contribution is -0.137. The van der Waals surface area contributed by atoms with Crippen LogP contribution >= 0.6 is 27.5 Å². The van der Waals surface area contributed by atoms with Gasteiger partial charge in [-0.05, 0) is 46.5 Å². The van der Waals surface area contributed by atoms with Gasteiger partial charge in [-0.1, -0.05) is 17.7 Å². The largest absolute Gasteiger partial charge is 0.481 e. The predicted octanol–water partition coefficient (Wildman–Crippen LogP) is 2.62. The Labute approximate surface area is 118 Å². The summed E-state index contributed by atoms with van der Waals surface area (Å²) in [5.41, 5.74) is 0.952. The maximum atomic E-state index is 10.5. The molecule has 1 unspecified atom stereocenters. The van der Waals surface area contributed by atoms with Crippen LogP contribution in [0.15, 0.2) is 22.7 Å². The molecular weight excluding hydrogens is 321 g/mol. The molecule has 0 fully saturated rings. The highest BCUT2D eigenvalue weighted by Crippen LogP contribution is 2.24. The van der Waals surface area contributed by atoms with Crippen LogP contribution in [0.4, 0.5) is 0 Å². The van der Waals surface area contributed by atoms with Crippen LogP contribution in [0.25, 0.3) is 0 Å². The zero-order chi connectivity index (χ0) is 13.5. The molecule has 98 valence electrons. The standard InChI is InChI=1S/C12H13BrClNO3/c13-10-3-1-8(6-11(10)14)5-9(15-7-16)2-4-12(17)18/h1,3,6-7,9H,2,4-5H2,(H,15,16)(H,17,18). The Morgan fingerprint density at radius 2 is 2.28 bits per heavy atom. The minimum atomic E-state index is -0.874. The van der Waals surface area contributed by atoms with Gasteiger partial charge in [0.25, 0.3) is 0 Å². The Morgan fingerprint density at radius 3 is 2.83 bits per heavy atom. The first-order valence-corrected chi connectivity index (χ1v) is 6.55. The second kappa shape index (κ2) is 7.38. The molecule has 0 radical (unpaired) electrons. The summed E-state index contributed by atoms with van der Waals surface area (Å²) in [6.45, 7) is 0. The van der Waals surface area contributed by atoms with Gasteiger partial charge < -0.3 is 10.4 Å². The van der Waals surface area contributed by atoms with Gasteiger partial charge in [-0.2, -0.15) is 0 Å². The van der Waals surface area contributed by atoms with Gasteiger partial charge in [-0.3, -0.25) is 9.59 Å². The smallest absolute Gasteiger partial charge is 0.303 e. The Hall–Kier alpha value is -1.07. The molecule has 4 nitrogen and oxygen atoms in total. The number of carboxylic acid groups (broad SMARTS) is 1. The summed E-state index contributed by atoms with van der Waals surface area (Å²) in [5.74, 6) is -0.874. The fourth-order valence-electron chi connectivity index (χ4n) is 1.59. The van der Waals surface area contributed by atoms with E-state index in [1.54, 1.807) is 6.07 Å². The lowest BCUT2D eigenvalue weighted by Gasteiger charge is -2.15. The van der Waals surface area contributed by atoms with Crippen LogP contribution in [0.3, 0.4) is 0 Å². The zero-order valence-corrected chi connectivity index (χ0v) is 11.9. The summed E-state index contributed by atoms with van der Waals surface area (Å²) in [4.78, 5) is 21.0. The number of amides is 1. The molecule has 1 amide bonds. The molecule has 1 atom stereocenters. The number of nitrogens with one attached hydrogen (secondary N) is 1. The third-order valence-corrected chi connectivity index (χ3v) is 3.71. The SMILES string of the molecule is O=CNC(CCC(=O)O)Cc1ccc(Br)c(Cl)c1. The molecule has 0 spiro atoms. The minimum absolute atomic E-state index is 0.0236. The van der Waals surface area contributed by atoms with Crippen LogP contribution in [0.2, 0.25) is 5.02 Å². The monoisotopic (exact) mass is 333 g/mol. The third kappa shape index (κ3) is 5.06. The molecule has 0 aromatic heterocycles. The molecule has 0 aliphatic rings. The van der Waals surface area contributed by atoms with Crippen LogP contribution in [0.5, 0.6) is 0 Å². The first kappa shape index (κ1) is 15.0. The highest BCUT2D eigenvalue weighted by Gasteiger charge is 2.11. The maximum absolute atomic E-state index is 10.5. The van der Waals surface area contributed by atoms with E-state index in [0.29, 0.717) is 24.3 Å². The number of carbonyl (C=O) groups is 2. The van der Waals surface area contributed by atoms with Crippen molar-refractivity contribution in [3.8, 4) is 0 Å². The first-order valence-electron chi connectivity index (χ1n) is 5.38. The predicted molar refractivity (Wildman–Crippen MR) is 72.7 cm³/mol. The number of hydrogen-bond donors (Lipinski definition) is 2. The summed E-state index contributed by atoms with van der Waals surface area (Å²) in [6, 6.07) is 5.31. The van der Waals surface area contributed by atoms with E-state index in [1.165, 1.54) is 0 Å². The average molecular weight is 335 g/mol. The number of carbonyl (C=O) groups excluding carboxylic acids is 1. The maximum Gasteiger partial charge on any atom is 0.303 e. The molecule has 0 aliphatic heterocycles. The van der Waals surface area contributed by atoms with Crippen molar-refractivity contribution in [2.75, 3.05) is 0 Å². The number of benzene rings is 1. The zero-order valence-electron chi connectivity index (χ0n) is 9.53. The van der Waals surface area contributed by atoms with Gasteiger partial charge in [0.2, 0.25) is 6.41 Å². The van der Waals surface area contributed by atoms with E-state index in [1.807, 2.05) is 12.1 Å². The van der Waals surface area contributed by atoms with Gasteiger partial charge in [-0.15, -0.1) is 0 Å². The molecule has 1 aromatic rings. The van der Waals surface area contributed by atoms with E-state index >= 15 is 0 Å². The van der Waals surface area contributed by atoms with Gasteiger partial charge in [0, 0.05) is 16.9 Å². The topological polar surface area (TPSA) is 66.4 Å². The van der Waals surface area contributed by atoms with Crippen molar-refractivity contribution < 1.29 is 14.7 Å². The van der Waals surface area contributed by atoms with Gasteiger partial charge in [0.15, 0.2) is 0 Å². The van der Waals surface area contributed by atoms with Crippen LogP contribution in [0, 0.1) is 0 Å². The fraction of sp³-hybridized carbons (Fsp3) is 0.333. The number of aliphatic carboxylic acids is 1. The number of hydrogen-bond acceptors (Lipinski definition) is 2. The molecule has 1 aromatic carbocycles. The van der Waals surface area contributed by atoms with Crippen molar-refractivity contribution in [1.82, 2.24) is 5.32 Å². The van der Waals surface area contributed by atoms with Crippen molar-refractivity contribution in [2.45, 2.75) is 25.3 Å². The van der Waals surface area contributed by atoms with Crippen molar-refractivity contribution in [3.63, 3.8) is 0 Å². The van der Waals surface area contributed by atoms with E-state index in [-0.39, 0.29) is 12.5 Å². The molecule has 0 aliphatic carbocycles. The quantitative estimate of drug-likeness (QED) is 0.753. The highest BCUT2D eigenvalue weighted by atomic mass is 79.9. The Balaban J connectivity index is 2.66. The molecule has 0 bridgehead atoms. The lowest BCUT2D eigenvalue weighted by Crippen LogP contribution is -2.30. The average Bonchev–Trinajstić information content (AvgIpc) is 2.31. The second-order valence-corrected chi connectivity index (χ2v) is 5.13. The molecule has 0 saturated heterocycles. The van der Waals surface area contributed by atoms with E-state index in [2.05, 4.69) is 21.2 Å². The molecule has 1 rings (SSSR count). The highest BCUT2D eigenvalue weighted by molar-refractivity contribution is 9.10. The molecule has 2 N–H and O–H groups in total. The van der Waals surface area contributed by atoms with E-state index in [4.69, 9.17) is 16.7 Å². The van der Waals surface area contributed by atoms with Crippen LogP contribution in [-0.4, -0.2) is 23.5 Å².